The van der Waals surface area contributed by atoms with Crippen LogP contribution in [-0.4, -0.2) is 70.0 Å². The Morgan fingerprint density at radius 1 is 1.40 bits per heavy atom. The Morgan fingerprint density at radius 3 is 2.45 bits per heavy atom. The third kappa shape index (κ3) is 4.26. The highest BCUT2D eigenvalue weighted by molar-refractivity contribution is 5.83. The Balaban J connectivity index is 2.85. The van der Waals surface area contributed by atoms with E-state index < -0.39 is 36.9 Å². The fourth-order valence-corrected chi connectivity index (χ4v) is 2.17. The smallest absolute Gasteiger partial charge is 0.406 e. The van der Waals surface area contributed by atoms with Gasteiger partial charge < -0.3 is 20.0 Å². The minimum absolute atomic E-state index is 0.128. The van der Waals surface area contributed by atoms with Gasteiger partial charge in [-0.2, -0.15) is 13.2 Å². The number of β-amino-alcohol motifs (C(OH)–C–C–N with tert-alkyl or cyclic N) is 1. The molecular weight excluding hydrogens is 281 g/mol. The zero-order valence-electron chi connectivity index (χ0n) is 10.9. The fraction of sp³-hybridized carbons (Fsp3) is 0.818. The van der Waals surface area contributed by atoms with Crippen LogP contribution in [0.1, 0.15) is 19.8 Å². The van der Waals surface area contributed by atoms with Crippen LogP contribution in [0.5, 0.6) is 0 Å². The molecule has 0 radical (unpaired) electrons. The van der Waals surface area contributed by atoms with Crippen molar-refractivity contribution in [2.24, 2.45) is 0 Å². The summed E-state index contributed by atoms with van der Waals surface area (Å²) in [4.78, 5) is 24.4. The molecule has 0 aromatic heterocycles. The zero-order valence-corrected chi connectivity index (χ0v) is 10.9. The van der Waals surface area contributed by atoms with Crippen LogP contribution in [0, 0.1) is 0 Å². The molecule has 0 bridgehead atoms. The van der Waals surface area contributed by atoms with E-state index in [4.69, 9.17) is 5.11 Å². The van der Waals surface area contributed by atoms with E-state index in [0.29, 0.717) is 11.3 Å². The first-order chi connectivity index (χ1) is 9.15. The summed E-state index contributed by atoms with van der Waals surface area (Å²) in [7, 11) is 0. The first kappa shape index (κ1) is 16.5. The average molecular weight is 298 g/mol. The van der Waals surface area contributed by atoms with Gasteiger partial charge in [0.2, 0.25) is 0 Å². The molecule has 0 aromatic rings. The fourth-order valence-electron chi connectivity index (χ4n) is 2.17. The third-order valence-electron chi connectivity index (χ3n) is 2.94. The maximum absolute atomic E-state index is 12.4. The number of alkyl halides is 3. The standard InChI is InChI=1S/C11H17F3N2O4/c1-2-3-15(6-11(12,13)14)10(20)16-5-7(17)4-8(16)9(18)19/h7-8,17H,2-6H2,1H3,(H,18,19)/t7-,8-/m1/s1. The number of hydrogen-bond donors (Lipinski definition) is 2. The van der Waals surface area contributed by atoms with Gasteiger partial charge in [0.1, 0.15) is 12.6 Å². The normalized spacial score (nSPS) is 22.9. The van der Waals surface area contributed by atoms with E-state index in [2.05, 4.69) is 0 Å². The van der Waals surface area contributed by atoms with E-state index in [9.17, 15) is 27.9 Å². The van der Waals surface area contributed by atoms with Gasteiger partial charge in [-0.25, -0.2) is 9.59 Å². The molecule has 2 N–H and O–H groups in total. The summed E-state index contributed by atoms with van der Waals surface area (Å²) in [6, 6.07) is -2.29. The SMILES string of the molecule is CCCN(CC(F)(F)F)C(=O)N1C[C@H](O)C[C@@H]1C(=O)O. The molecule has 1 heterocycles. The Morgan fingerprint density at radius 2 is 2.00 bits per heavy atom. The number of aliphatic hydroxyl groups is 1. The van der Waals surface area contributed by atoms with Crippen LogP contribution < -0.4 is 0 Å². The first-order valence-corrected chi connectivity index (χ1v) is 6.19. The highest BCUT2D eigenvalue weighted by Gasteiger charge is 2.42. The van der Waals surface area contributed by atoms with E-state index in [1.165, 1.54) is 0 Å². The second-order valence-electron chi connectivity index (χ2n) is 4.72. The number of aliphatic hydroxyl groups excluding tert-OH is 1. The van der Waals surface area contributed by atoms with Crippen LogP contribution in [0.2, 0.25) is 0 Å². The van der Waals surface area contributed by atoms with Crippen molar-refractivity contribution < 1.29 is 33.0 Å². The number of rotatable bonds is 4. The van der Waals surface area contributed by atoms with E-state index in [1.54, 1.807) is 6.92 Å². The van der Waals surface area contributed by atoms with E-state index in [0.717, 1.165) is 4.90 Å². The average Bonchev–Trinajstić information content (AvgIpc) is 2.68. The Hall–Kier alpha value is -1.51. The number of amides is 2. The number of nitrogens with zero attached hydrogens (tertiary/aromatic N) is 2. The topological polar surface area (TPSA) is 81.1 Å². The number of aliphatic carboxylic acids is 1. The lowest BCUT2D eigenvalue weighted by molar-refractivity contribution is -0.144. The molecule has 20 heavy (non-hydrogen) atoms. The molecule has 2 amide bonds. The van der Waals surface area contributed by atoms with Crippen molar-refractivity contribution in [3.63, 3.8) is 0 Å². The summed E-state index contributed by atoms with van der Waals surface area (Å²) in [5.74, 6) is -1.33. The summed E-state index contributed by atoms with van der Waals surface area (Å²) >= 11 is 0. The quantitative estimate of drug-likeness (QED) is 0.808. The molecule has 6 nitrogen and oxygen atoms in total. The largest absolute Gasteiger partial charge is 0.480 e. The van der Waals surface area contributed by atoms with Crippen molar-refractivity contribution in [3.8, 4) is 0 Å². The molecule has 0 aromatic carbocycles. The van der Waals surface area contributed by atoms with Crippen molar-refractivity contribution in [1.82, 2.24) is 9.80 Å². The van der Waals surface area contributed by atoms with Crippen molar-refractivity contribution in [2.75, 3.05) is 19.6 Å². The summed E-state index contributed by atoms with van der Waals surface area (Å²) < 4.78 is 37.3. The highest BCUT2D eigenvalue weighted by atomic mass is 19.4. The molecule has 0 spiro atoms. The molecule has 9 heteroatoms. The van der Waals surface area contributed by atoms with Gasteiger partial charge in [0.05, 0.1) is 6.10 Å². The van der Waals surface area contributed by atoms with Crippen molar-refractivity contribution in [2.45, 2.75) is 38.1 Å². The second-order valence-corrected chi connectivity index (χ2v) is 4.72. The maximum atomic E-state index is 12.4. The van der Waals surface area contributed by atoms with Crippen LogP contribution in [-0.2, 0) is 4.79 Å². The van der Waals surface area contributed by atoms with E-state index in [-0.39, 0.29) is 19.5 Å². The molecule has 1 rings (SSSR count). The van der Waals surface area contributed by atoms with Crippen molar-refractivity contribution in [3.05, 3.63) is 0 Å². The highest BCUT2D eigenvalue weighted by Crippen LogP contribution is 2.23. The van der Waals surface area contributed by atoms with Crippen LogP contribution in [0.15, 0.2) is 0 Å². The van der Waals surface area contributed by atoms with E-state index >= 15 is 0 Å². The number of carbonyl (C=O) groups is 2. The lowest BCUT2D eigenvalue weighted by Crippen LogP contribution is -2.50. The Labute approximate surface area is 113 Å². The van der Waals surface area contributed by atoms with E-state index in [1.807, 2.05) is 0 Å². The van der Waals surface area contributed by atoms with Gasteiger partial charge in [0, 0.05) is 19.5 Å². The number of halogens is 3. The molecule has 0 unspecified atom stereocenters. The predicted molar refractivity (Wildman–Crippen MR) is 62.1 cm³/mol. The van der Waals surface area contributed by atoms with Gasteiger partial charge >= 0.3 is 18.2 Å². The van der Waals surface area contributed by atoms with Crippen LogP contribution >= 0.6 is 0 Å². The van der Waals surface area contributed by atoms with Gasteiger partial charge in [-0.05, 0) is 6.42 Å². The number of carboxylic acid groups (broad SMARTS) is 1. The van der Waals surface area contributed by atoms with Crippen LogP contribution in [0.3, 0.4) is 0 Å². The lowest BCUT2D eigenvalue weighted by Gasteiger charge is -2.30. The summed E-state index contributed by atoms with van der Waals surface area (Å²) in [5, 5.41) is 18.4. The monoisotopic (exact) mass is 298 g/mol. The third-order valence-corrected chi connectivity index (χ3v) is 2.94. The van der Waals surface area contributed by atoms with Gasteiger partial charge in [-0.1, -0.05) is 6.92 Å². The number of carbonyl (C=O) groups excluding carboxylic acids is 1. The maximum Gasteiger partial charge on any atom is 0.406 e. The number of hydrogen-bond acceptors (Lipinski definition) is 3. The van der Waals surface area contributed by atoms with Crippen LogP contribution in [0.4, 0.5) is 18.0 Å². The van der Waals surface area contributed by atoms with Crippen molar-refractivity contribution in [1.29, 1.82) is 0 Å². The molecule has 1 aliphatic heterocycles. The molecule has 0 aliphatic carbocycles. The molecule has 0 saturated carbocycles. The number of carboxylic acids is 1. The molecule has 1 fully saturated rings. The Kier molecular flexibility index (Phi) is 5.21. The predicted octanol–water partition coefficient (Wildman–Crippen LogP) is 0.901. The van der Waals surface area contributed by atoms with Crippen LogP contribution in [0.25, 0.3) is 0 Å². The lowest BCUT2D eigenvalue weighted by atomic mass is 10.2. The summed E-state index contributed by atoms with van der Waals surface area (Å²) in [6.07, 6.45) is -5.44. The molecule has 2 atom stereocenters. The van der Waals surface area contributed by atoms with Gasteiger partial charge in [-0.15, -0.1) is 0 Å². The van der Waals surface area contributed by atoms with Gasteiger partial charge in [0.25, 0.3) is 0 Å². The number of likely N-dealkylation sites (tertiary alicyclic amines) is 1. The molecule has 1 saturated heterocycles. The summed E-state index contributed by atoms with van der Waals surface area (Å²) in [6.45, 7) is -0.214. The zero-order chi connectivity index (χ0) is 15.5. The molecular formula is C11H17F3N2O4. The minimum atomic E-state index is -4.55. The number of urea groups is 1. The van der Waals surface area contributed by atoms with Crippen molar-refractivity contribution >= 4 is 12.0 Å². The molecule has 1 aliphatic rings. The van der Waals surface area contributed by atoms with Gasteiger partial charge in [-0.3, -0.25) is 0 Å². The minimum Gasteiger partial charge on any atom is -0.480 e. The van der Waals surface area contributed by atoms with Gasteiger partial charge in [0.15, 0.2) is 0 Å². The second kappa shape index (κ2) is 6.29. The first-order valence-electron chi connectivity index (χ1n) is 6.19. The Bertz CT molecular complexity index is 375. The summed E-state index contributed by atoms with van der Waals surface area (Å²) in [5.41, 5.74) is 0. The molecule has 116 valence electrons.